The molecule has 1 aliphatic carbocycles. The molecule has 1 heterocycles. The number of hydrogen-bond donors (Lipinski definition) is 1. The molecule has 1 saturated carbocycles. The van der Waals surface area contributed by atoms with Crippen LogP contribution in [0.4, 0.5) is 0 Å². The summed E-state index contributed by atoms with van der Waals surface area (Å²) in [6.07, 6.45) is 2.11. The van der Waals surface area contributed by atoms with E-state index in [4.69, 9.17) is 0 Å². The number of carbonyl (C=O) groups is 2. The van der Waals surface area contributed by atoms with Gasteiger partial charge >= 0.3 is 5.97 Å². The molecule has 0 saturated heterocycles. The van der Waals surface area contributed by atoms with Gasteiger partial charge in [-0.25, -0.2) is 4.98 Å². The number of methoxy groups -OCH3 is 1. The number of benzene rings is 1. The highest BCUT2D eigenvalue weighted by atomic mass is 32.2. The summed E-state index contributed by atoms with van der Waals surface area (Å²) >= 11 is 1.20. The van der Waals surface area contributed by atoms with E-state index in [0.717, 1.165) is 12.8 Å². The molecule has 132 valence electrons. The van der Waals surface area contributed by atoms with Gasteiger partial charge in [-0.2, -0.15) is 0 Å². The second-order valence-electron chi connectivity index (χ2n) is 5.82. The van der Waals surface area contributed by atoms with Crippen LogP contribution in [0, 0.1) is 0 Å². The van der Waals surface area contributed by atoms with Crippen molar-refractivity contribution in [1.29, 1.82) is 0 Å². The molecule has 1 fully saturated rings. The number of aromatic nitrogens is 2. The Morgan fingerprint density at radius 2 is 2.12 bits per heavy atom. The summed E-state index contributed by atoms with van der Waals surface area (Å²) in [6, 6.07) is 7.33. The Morgan fingerprint density at radius 1 is 1.36 bits per heavy atom. The largest absolute Gasteiger partial charge is 0.469 e. The second kappa shape index (κ2) is 7.69. The molecule has 7 nitrogen and oxygen atoms in total. The summed E-state index contributed by atoms with van der Waals surface area (Å²) in [5.74, 6) is -0.295. The van der Waals surface area contributed by atoms with Crippen LogP contribution in [-0.4, -0.2) is 40.3 Å². The Morgan fingerprint density at radius 3 is 2.84 bits per heavy atom. The third-order valence-corrected chi connectivity index (χ3v) is 4.85. The van der Waals surface area contributed by atoms with Crippen LogP contribution in [-0.2, 0) is 20.9 Å². The molecule has 0 atom stereocenters. The van der Waals surface area contributed by atoms with Crippen LogP contribution in [0.2, 0.25) is 0 Å². The number of nitrogens with one attached hydrogen (secondary N) is 1. The van der Waals surface area contributed by atoms with E-state index in [2.05, 4.69) is 15.0 Å². The van der Waals surface area contributed by atoms with Gasteiger partial charge in [0.05, 0.1) is 30.2 Å². The van der Waals surface area contributed by atoms with E-state index in [0.29, 0.717) is 22.1 Å². The number of para-hydroxylation sites is 1. The van der Waals surface area contributed by atoms with E-state index in [9.17, 15) is 14.4 Å². The molecule has 1 aromatic carbocycles. The molecular formula is C17H19N3O4S. The lowest BCUT2D eigenvalue weighted by molar-refractivity contribution is -0.140. The van der Waals surface area contributed by atoms with Crippen LogP contribution in [0.3, 0.4) is 0 Å². The molecule has 1 N–H and O–H groups in total. The highest BCUT2D eigenvalue weighted by molar-refractivity contribution is 7.99. The first-order chi connectivity index (χ1) is 12.1. The van der Waals surface area contributed by atoms with Crippen LogP contribution in [0.1, 0.15) is 19.3 Å². The van der Waals surface area contributed by atoms with Gasteiger partial charge in [0.1, 0.15) is 0 Å². The molecule has 8 heteroatoms. The summed E-state index contributed by atoms with van der Waals surface area (Å²) in [7, 11) is 1.31. The van der Waals surface area contributed by atoms with Crippen molar-refractivity contribution in [3.05, 3.63) is 34.6 Å². The summed E-state index contributed by atoms with van der Waals surface area (Å²) in [6.45, 7) is 0.163. The molecule has 2 aromatic rings. The monoisotopic (exact) mass is 361 g/mol. The summed E-state index contributed by atoms with van der Waals surface area (Å²) in [5, 5.41) is 3.82. The van der Waals surface area contributed by atoms with Crippen molar-refractivity contribution in [3.8, 4) is 0 Å². The van der Waals surface area contributed by atoms with E-state index in [-0.39, 0.29) is 30.2 Å². The van der Waals surface area contributed by atoms with E-state index < -0.39 is 5.97 Å². The molecule has 0 bridgehead atoms. The fourth-order valence-electron chi connectivity index (χ4n) is 2.39. The first kappa shape index (κ1) is 17.5. The lowest BCUT2D eigenvalue weighted by Crippen LogP contribution is -2.28. The standard InChI is InChI=1S/C17H19N3O4S/c1-24-15(22)8-9-20-16(23)12-4-2-3-5-13(12)19-17(20)25-10-14(21)18-11-6-7-11/h2-5,11H,6-10H2,1H3,(H,18,21). The quantitative estimate of drug-likeness (QED) is 0.455. The van der Waals surface area contributed by atoms with Crippen LogP contribution in [0.15, 0.2) is 34.2 Å². The maximum atomic E-state index is 12.7. The van der Waals surface area contributed by atoms with E-state index in [1.807, 2.05) is 6.07 Å². The van der Waals surface area contributed by atoms with Gasteiger partial charge in [0.2, 0.25) is 5.91 Å². The fourth-order valence-corrected chi connectivity index (χ4v) is 3.22. The molecule has 0 aliphatic heterocycles. The molecule has 1 aromatic heterocycles. The van der Waals surface area contributed by atoms with Crippen LogP contribution < -0.4 is 10.9 Å². The first-order valence-corrected chi connectivity index (χ1v) is 9.05. The van der Waals surface area contributed by atoms with Crippen molar-refractivity contribution in [1.82, 2.24) is 14.9 Å². The fraction of sp³-hybridized carbons (Fsp3) is 0.412. The van der Waals surface area contributed by atoms with Gasteiger partial charge in [-0.3, -0.25) is 19.0 Å². The second-order valence-corrected chi connectivity index (χ2v) is 6.77. The number of esters is 1. The number of nitrogens with zero attached hydrogens (tertiary/aromatic N) is 2. The minimum absolute atomic E-state index is 0.0677. The number of fused-ring (bicyclic) bond motifs is 1. The Kier molecular flexibility index (Phi) is 5.37. The number of rotatable bonds is 7. The molecule has 0 radical (unpaired) electrons. The zero-order valence-electron chi connectivity index (χ0n) is 13.9. The van der Waals surface area contributed by atoms with Crippen molar-refractivity contribution in [2.24, 2.45) is 0 Å². The number of ether oxygens (including phenoxy) is 1. The van der Waals surface area contributed by atoms with Gasteiger partial charge in [0.15, 0.2) is 5.16 Å². The van der Waals surface area contributed by atoms with Gasteiger partial charge in [-0.1, -0.05) is 23.9 Å². The molecular weight excluding hydrogens is 342 g/mol. The Labute approximate surface area is 148 Å². The van der Waals surface area contributed by atoms with Gasteiger partial charge < -0.3 is 10.1 Å². The predicted octanol–water partition coefficient (Wildman–Crippen LogP) is 1.33. The average Bonchev–Trinajstić information content (AvgIpc) is 3.43. The summed E-state index contributed by atoms with van der Waals surface area (Å²) < 4.78 is 6.08. The van der Waals surface area contributed by atoms with Gasteiger partial charge in [-0.05, 0) is 25.0 Å². The van der Waals surface area contributed by atoms with Crippen LogP contribution in [0.25, 0.3) is 10.9 Å². The molecule has 1 aliphatic rings. The van der Waals surface area contributed by atoms with Gasteiger partial charge in [0.25, 0.3) is 5.56 Å². The minimum Gasteiger partial charge on any atom is -0.469 e. The maximum Gasteiger partial charge on any atom is 0.307 e. The van der Waals surface area contributed by atoms with Crippen molar-refractivity contribution < 1.29 is 14.3 Å². The minimum atomic E-state index is -0.400. The number of thioether (sulfide) groups is 1. The van der Waals surface area contributed by atoms with E-state index >= 15 is 0 Å². The SMILES string of the molecule is COC(=O)CCn1c(SCC(=O)NC2CC2)nc2ccccc2c1=O. The predicted molar refractivity (Wildman–Crippen MR) is 94.5 cm³/mol. The summed E-state index contributed by atoms with van der Waals surface area (Å²) in [5.41, 5.74) is 0.353. The van der Waals surface area contributed by atoms with E-state index in [1.165, 1.54) is 23.4 Å². The molecule has 3 rings (SSSR count). The zero-order chi connectivity index (χ0) is 17.8. The smallest absolute Gasteiger partial charge is 0.307 e. The molecule has 1 amide bonds. The highest BCUT2D eigenvalue weighted by Crippen LogP contribution is 2.21. The topological polar surface area (TPSA) is 90.3 Å². The van der Waals surface area contributed by atoms with Crippen molar-refractivity contribution in [2.45, 2.75) is 37.0 Å². The van der Waals surface area contributed by atoms with Gasteiger partial charge in [-0.15, -0.1) is 0 Å². The van der Waals surface area contributed by atoms with Crippen LogP contribution in [0.5, 0.6) is 0 Å². The lowest BCUT2D eigenvalue weighted by Gasteiger charge is -2.12. The highest BCUT2D eigenvalue weighted by Gasteiger charge is 2.23. The maximum absolute atomic E-state index is 12.7. The molecule has 0 spiro atoms. The third kappa shape index (κ3) is 4.39. The normalized spacial score (nSPS) is 13.6. The number of carbonyl (C=O) groups excluding carboxylic acids is 2. The number of hydrogen-bond acceptors (Lipinski definition) is 6. The van der Waals surface area contributed by atoms with Crippen molar-refractivity contribution in [2.75, 3.05) is 12.9 Å². The Hall–Kier alpha value is -2.35. The summed E-state index contributed by atoms with van der Waals surface area (Å²) in [4.78, 5) is 40.6. The lowest BCUT2D eigenvalue weighted by atomic mass is 10.2. The Balaban J connectivity index is 1.85. The molecule has 25 heavy (non-hydrogen) atoms. The molecule has 0 unspecified atom stereocenters. The number of amides is 1. The first-order valence-electron chi connectivity index (χ1n) is 8.07. The average molecular weight is 361 g/mol. The Bertz CT molecular complexity index is 861. The third-order valence-electron chi connectivity index (χ3n) is 3.87. The van der Waals surface area contributed by atoms with E-state index in [1.54, 1.807) is 18.2 Å². The zero-order valence-corrected chi connectivity index (χ0v) is 14.7. The van der Waals surface area contributed by atoms with Gasteiger partial charge in [0, 0.05) is 12.6 Å². The van der Waals surface area contributed by atoms with Crippen molar-refractivity contribution in [3.63, 3.8) is 0 Å². The van der Waals surface area contributed by atoms with Crippen molar-refractivity contribution >= 4 is 34.5 Å². The van der Waals surface area contributed by atoms with Crippen LogP contribution >= 0.6 is 11.8 Å².